The average molecular weight is 385 g/mol. The molecule has 2 fully saturated rings. The van der Waals surface area contributed by atoms with Crippen LogP contribution in [0.5, 0.6) is 0 Å². The van der Waals surface area contributed by atoms with Crippen molar-refractivity contribution in [3.63, 3.8) is 0 Å². The van der Waals surface area contributed by atoms with Crippen molar-refractivity contribution in [3.05, 3.63) is 33.8 Å². The van der Waals surface area contributed by atoms with E-state index in [1.807, 2.05) is 12.1 Å². The van der Waals surface area contributed by atoms with Gasteiger partial charge in [0, 0.05) is 31.6 Å². The molecule has 2 aliphatic rings. The van der Waals surface area contributed by atoms with Crippen molar-refractivity contribution >= 4 is 29.1 Å². The molecule has 0 radical (unpaired) electrons. The Morgan fingerprint density at radius 3 is 2.60 bits per heavy atom. The largest absolute Gasteiger partial charge is 0.388 e. The Balaban J connectivity index is 1.48. The molecule has 0 unspecified atom stereocenters. The molecule has 3 rings (SSSR count). The summed E-state index contributed by atoms with van der Waals surface area (Å²) in [7, 11) is 0. The van der Waals surface area contributed by atoms with Crippen molar-refractivity contribution in [1.29, 1.82) is 0 Å². The van der Waals surface area contributed by atoms with Crippen LogP contribution in [0.1, 0.15) is 44.6 Å². The van der Waals surface area contributed by atoms with Gasteiger partial charge in [0.1, 0.15) is 0 Å². The van der Waals surface area contributed by atoms with Crippen LogP contribution in [0.3, 0.4) is 0 Å². The highest BCUT2D eigenvalue weighted by Crippen LogP contribution is 2.48. The van der Waals surface area contributed by atoms with Crippen LogP contribution in [0.4, 0.5) is 0 Å². The number of carbonyl (C=O) groups excluding carboxylic acids is 1. The maximum atomic E-state index is 12.4. The zero-order chi connectivity index (χ0) is 18.2. The van der Waals surface area contributed by atoms with E-state index >= 15 is 0 Å². The number of nitrogens with one attached hydrogen (secondary N) is 1. The standard InChI is InChI=1S/C19H26Cl2N2O2/c1-12(2)23-7-5-19(25,6-8-23)11-22-18(24)15-10-14(15)13-3-4-16(20)17(21)9-13/h3-4,9,12,14-15,25H,5-8,10-11H2,1-2H3,(H,22,24)/t14-,15+/m1/s1. The van der Waals surface area contributed by atoms with Gasteiger partial charge in [0.2, 0.25) is 5.91 Å². The van der Waals surface area contributed by atoms with Gasteiger partial charge in [-0.1, -0.05) is 29.3 Å². The van der Waals surface area contributed by atoms with E-state index in [2.05, 4.69) is 24.1 Å². The molecule has 6 heteroatoms. The highest BCUT2D eigenvalue weighted by atomic mass is 35.5. The summed E-state index contributed by atoms with van der Waals surface area (Å²) in [5.41, 5.74) is 0.271. The zero-order valence-corrected chi connectivity index (χ0v) is 16.3. The molecule has 1 saturated carbocycles. The molecule has 0 spiro atoms. The number of hydrogen-bond donors (Lipinski definition) is 2. The van der Waals surface area contributed by atoms with Crippen LogP contribution in [-0.4, -0.2) is 47.2 Å². The van der Waals surface area contributed by atoms with Crippen LogP contribution in [0.15, 0.2) is 18.2 Å². The number of aliphatic hydroxyl groups is 1. The lowest BCUT2D eigenvalue weighted by Gasteiger charge is -2.40. The third-order valence-corrected chi connectivity index (χ3v) is 6.29. The van der Waals surface area contributed by atoms with E-state index in [-0.39, 0.29) is 17.7 Å². The molecular weight excluding hydrogens is 359 g/mol. The van der Waals surface area contributed by atoms with Crippen molar-refractivity contribution in [2.24, 2.45) is 5.92 Å². The predicted molar refractivity (Wildman–Crippen MR) is 101 cm³/mol. The average Bonchev–Trinajstić information content (AvgIpc) is 3.36. The number of likely N-dealkylation sites (tertiary alicyclic amines) is 1. The summed E-state index contributed by atoms with van der Waals surface area (Å²) in [5.74, 6) is 0.194. The molecule has 1 aromatic carbocycles. The van der Waals surface area contributed by atoms with Gasteiger partial charge in [-0.3, -0.25) is 4.79 Å². The van der Waals surface area contributed by atoms with E-state index in [1.54, 1.807) is 6.07 Å². The normalized spacial score (nSPS) is 25.8. The summed E-state index contributed by atoms with van der Waals surface area (Å²) >= 11 is 12.0. The first-order valence-corrected chi connectivity index (χ1v) is 9.74. The molecule has 1 aliphatic carbocycles. The summed E-state index contributed by atoms with van der Waals surface area (Å²) in [6, 6.07) is 6.05. The van der Waals surface area contributed by atoms with Gasteiger partial charge in [-0.15, -0.1) is 0 Å². The summed E-state index contributed by atoms with van der Waals surface area (Å²) in [5, 5.41) is 14.7. The van der Waals surface area contributed by atoms with Crippen LogP contribution >= 0.6 is 23.2 Å². The number of nitrogens with zero attached hydrogens (tertiary/aromatic N) is 1. The molecule has 2 atom stereocenters. The van der Waals surface area contributed by atoms with Crippen LogP contribution in [-0.2, 0) is 4.79 Å². The van der Waals surface area contributed by atoms with Gasteiger partial charge in [0.05, 0.1) is 15.6 Å². The minimum atomic E-state index is -0.783. The summed E-state index contributed by atoms with van der Waals surface area (Å²) in [4.78, 5) is 14.8. The van der Waals surface area contributed by atoms with E-state index in [1.165, 1.54) is 0 Å². The highest BCUT2D eigenvalue weighted by Gasteiger charge is 2.44. The number of benzene rings is 1. The maximum Gasteiger partial charge on any atom is 0.223 e. The van der Waals surface area contributed by atoms with E-state index < -0.39 is 5.60 Å². The van der Waals surface area contributed by atoms with E-state index in [4.69, 9.17) is 23.2 Å². The van der Waals surface area contributed by atoms with Gasteiger partial charge >= 0.3 is 0 Å². The number of rotatable bonds is 5. The molecule has 2 N–H and O–H groups in total. The Morgan fingerprint density at radius 1 is 1.32 bits per heavy atom. The molecule has 25 heavy (non-hydrogen) atoms. The molecule has 1 heterocycles. The topological polar surface area (TPSA) is 52.6 Å². The monoisotopic (exact) mass is 384 g/mol. The number of amides is 1. The maximum absolute atomic E-state index is 12.4. The number of halogens is 2. The fourth-order valence-corrected chi connectivity index (χ4v) is 3.92. The molecular formula is C19H26Cl2N2O2. The second-order valence-corrected chi connectivity index (χ2v) is 8.51. The van der Waals surface area contributed by atoms with Crippen LogP contribution in [0.25, 0.3) is 0 Å². The van der Waals surface area contributed by atoms with Gasteiger partial charge < -0.3 is 15.3 Å². The van der Waals surface area contributed by atoms with Gasteiger partial charge in [-0.2, -0.15) is 0 Å². The number of hydrogen-bond acceptors (Lipinski definition) is 3. The van der Waals surface area contributed by atoms with Crippen LogP contribution in [0.2, 0.25) is 10.0 Å². The molecule has 0 bridgehead atoms. The van der Waals surface area contributed by atoms with Crippen molar-refractivity contribution in [3.8, 4) is 0 Å². The van der Waals surface area contributed by atoms with E-state index in [0.717, 1.165) is 25.1 Å². The van der Waals surface area contributed by atoms with Crippen LogP contribution in [0, 0.1) is 5.92 Å². The van der Waals surface area contributed by atoms with Crippen molar-refractivity contribution in [1.82, 2.24) is 10.2 Å². The third kappa shape index (κ3) is 4.48. The lowest BCUT2D eigenvalue weighted by Crippen LogP contribution is -2.52. The van der Waals surface area contributed by atoms with E-state index in [9.17, 15) is 9.90 Å². The van der Waals surface area contributed by atoms with Crippen molar-refractivity contribution in [2.45, 2.75) is 50.7 Å². The Bertz CT molecular complexity index is 642. The Labute approximate surface area is 159 Å². The predicted octanol–water partition coefficient (Wildman–Crippen LogP) is 3.45. The Hall–Kier alpha value is -0.810. The summed E-state index contributed by atoms with van der Waals surface area (Å²) in [6.45, 7) is 6.42. The first-order chi connectivity index (χ1) is 11.8. The zero-order valence-electron chi connectivity index (χ0n) is 14.8. The first kappa shape index (κ1) is 19.0. The van der Waals surface area contributed by atoms with Gasteiger partial charge in [0.15, 0.2) is 0 Å². The Kier molecular flexibility index (Phi) is 5.64. The number of piperidine rings is 1. The fourth-order valence-electron chi connectivity index (χ4n) is 3.61. The lowest BCUT2D eigenvalue weighted by atomic mass is 9.90. The fraction of sp³-hybridized carbons (Fsp3) is 0.632. The second kappa shape index (κ2) is 7.43. The molecule has 1 amide bonds. The summed E-state index contributed by atoms with van der Waals surface area (Å²) in [6.07, 6.45) is 2.22. The Morgan fingerprint density at radius 2 is 2.00 bits per heavy atom. The quantitative estimate of drug-likeness (QED) is 0.817. The molecule has 0 aromatic heterocycles. The second-order valence-electron chi connectivity index (χ2n) is 7.69. The smallest absolute Gasteiger partial charge is 0.223 e. The minimum Gasteiger partial charge on any atom is -0.388 e. The van der Waals surface area contributed by atoms with E-state index in [0.29, 0.717) is 35.5 Å². The van der Waals surface area contributed by atoms with Gasteiger partial charge in [-0.25, -0.2) is 0 Å². The van der Waals surface area contributed by atoms with Crippen molar-refractivity contribution < 1.29 is 9.90 Å². The van der Waals surface area contributed by atoms with Crippen LogP contribution < -0.4 is 5.32 Å². The van der Waals surface area contributed by atoms with Gasteiger partial charge in [-0.05, 0) is 56.7 Å². The number of carbonyl (C=O) groups is 1. The highest BCUT2D eigenvalue weighted by molar-refractivity contribution is 6.42. The first-order valence-electron chi connectivity index (χ1n) is 8.98. The lowest BCUT2D eigenvalue weighted by molar-refractivity contribution is -0.124. The molecule has 138 valence electrons. The molecule has 4 nitrogen and oxygen atoms in total. The van der Waals surface area contributed by atoms with Gasteiger partial charge in [0.25, 0.3) is 0 Å². The third-order valence-electron chi connectivity index (χ3n) is 5.55. The van der Waals surface area contributed by atoms with Crippen molar-refractivity contribution in [2.75, 3.05) is 19.6 Å². The molecule has 1 aromatic rings. The SMILES string of the molecule is CC(C)N1CCC(O)(CNC(=O)[C@H]2C[C@@H]2c2ccc(Cl)c(Cl)c2)CC1. The summed E-state index contributed by atoms with van der Waals surface area (Å²) < 4.78 is 0. The molecule has 1 saturated heterocycles. The minimum absolute atomic E-state index is 0.0239. The molecule has 1 aliphatic heterocycles.